The number of aliphatic hydroxyl groups is 1. The average molecular weight is 519 g/mol. The van der Waals surface area contributed by atoms with Gasteiger partial charge in [0.1, 0.15) is 11.5 Å². The average Bonchev–Trinajstić information content (AvgIpc) is 3.31. The van der Waals surface area contributed by atoms with E-state index in [2.05, 4.69) is 15.2 Å². The van der Waals surface area contributed by atoms with Crippen LogP contribution in [0.5, 0.6) is 5.88 Å². The molecule has 2 aromatic carbocycles. The van der Waals surface area contributed by atoms with Crippen molar-refractivity contribution in [2.45, 2.75) is 26.0 Å². The number of pyridine rings is 2. The van der Waals surface area contributed by atoms with Gasteiger partial charge in [-0.2, -0.15) is 5.10 Å². The van der Waals surface area contributed by atoms with Crippen LogP contribution in [-0.4, -0.2) is 37.6 Å². The van der Waals surface area contributed by atoms with Crippen molar-refractivity contribution in [1.29, 1.82) is 0 Å². The van der Waals surface area contributed by atoms with Crippen molar-refractivity contribution in [3.05, 3.63) is 99.8 Å². The summed E-state index contributed by atoms with van der Waals surface area (Å²) < 4.78 is 21.0. The number of aromatic nitrogens is 4. The molecule has 5 aromatic rings. The lowest BCUT2D eigenvalue weighted by Gasteiger charge is -2.19. The largest absolute Gasteiger partial charge is 0.475 e. The molecule has 1 atom stereocenters. The topological polar surface area (TPSA) is 93.0 Å². The standard InChI is InChI=1S/C28H24ClFN4O3/c1-16(2)37-26-8-5-20(14-31-26)28-21-11-17(4-7-24(21)32-33-28)18-9-10-34(27(36)13-18)25(15-35)19-3-6-22(29)23(30)12-19/h3-14,16,25,35H,15H2,1-2H3,(H,32,33)/t25-/m1/s1. The van der Waals surface area contributed by atoms with Crippen molar-refractivity contribution in [2.24, 2.45) is 0 Å². The van der Waals surface area contributed by atoms with Crippen molar-refractivity contribution >= 4 is 22.5 Å². The van der Waals surface area contributed by atoms with E-state index in [-0.39, 0.29) is 23.3 Å². The van der Waals surface area contributed by atoms with Crippen LogP contribution < -0.4 is 10.3 Å². The Hall–Kier alpha value is -4.01. The van der Waals surface area contributed by atoms with Gasteiger partial charge >= 0.3 is 0 Å². The molecule has 7 nitrogen and oxygen atoms in total. The van der Waals surface area contributed by atoms with Crippen LogP contribution >= 0.6 is 11.6 Å². The van der Waals surface area contributed by atoms with E-state index < -0.39 is 11.9 Å². The Morgan fingerprint density at radius 1 is 1.05 bits per heavy atom. The second-order valence-corrected chi connectivity index (χ2v) is 9.32. The highest BCUT2D eigenvalue weighted by Crippen LogP contribution is 2.31. The zero-order valence-corrected chi connectivity index (χ0v) is 20.9. The molecule has 37 heavy (non-hydrogen) atoms. The van der Waals surface area contributed by atoms with E-state index in [0.29, 0.717) is 17.0 Å². The first-order valence-electron chi connectivity index (χ1n) is 11.7. The van der Waals surface area contributed by atoms with Gasteiger partial charge in [-0.25, -0.2) is 9.37 Å². The normalized spacial score (nSPS) is 12.3. The fourth-order valence-electron chi connectivity index (χ4n) is 4.25. The highest BCUT2D eigenvalue weighted by molar-refractivity contribution is 6.30. The van der Waals surface area contributed by atoms with Crippen molar-refractivity contribution in [2.75, 3.05) is 6.61 Å². The van der Waals surface area contributed by atoms with Crippen LogP contribution in [0.4, 0.5) is 4.39 Å². The van der Waals surface area contributed by atoms with Crippen LogP contribution in [0.25, 0.3) is 33.3 Å². The maximum atomic E-state index is 14.0. The van der Waals surface area contributed by atoms with Gasteiger partial charge in [-0.15, -0.1) is 0 Å². The van der Waals surface area contributed by atoms with Crippen LogP contribution in [0.3, 0.4) is 0 Å². The quantitative estimate of drug-likeness (QED) is 0.292. The van der Waals surface area contributed by atoms with E-state index in [0.717, 1.165) is 27.7 Å². The molecule has 0 unspecified atom stereocenters. The minimum Gasteiger partial charge on any atom is -0.475 e. The number of aliphatic hydroxyl groups excluding tert-OH is 1. The number of fused-ring (bicyclic) bond motifs is 1. The van der Waals surface area contributed by atoms with Crippen LogP contribution in [0.15, 0.2) is 77.9 Å². The summed E-state index contributed by atoms with van der Waals surface area (Å²) in [6.45, 7) is 3.51. The Labute approximate surface area is 217 Å². The molecule has 188 valence electrons. The minimum absolute atomic E-state index is 0.0206. The Morgan fingerprint density at radius 2 is 1.84 bits per heavy atom. The van der Waals surface area contributed by atoms with Crippen molar-refractivity contribution in [3.8, 4) is 28.3 Å². The van der Waals surface area contributed by atoms with Gasteiger partial charge in [-0.1, -0.05) is 23.7 Å². The Morgan fingerprint density at radius 3 is 2.51 bits per heavy atom. The molecule has 0 aliphatic heterocycles. The zero-order chi connectivity index (χ0) is 26.1. The lowest BCUT2D eigenvalue weighted by atomic mass is 10.0. The molecule has 0 spiro atoms. The van der Waals surface area contributed by atoms with Crippen LogP contribution in [0, 0.1) is 5.82 Å². The Bertz CT molecular complexity index is 1630. The van der Waals surface area contributed by atoms with Crippen LogP contribution in [-0.2, 0) is 0 Å². The monoisotopic (exact) mass is 518 g/mol. The van der Waals surface area contributed by atoms with Gasteiger partial charge in [0.15, 0.2) is 0 Å². The molecule has 2 N–H and O–H groups in total. The number of benzene rings is 2. The lowest BCUT2D eigenvalue weighted by molar-refractivity contribution is 0.232. The highest BCUT2D eigenvalue weighted by Gasteiger charge is 2.17. The summed E-state index contributed by atoms with van der Waals surface area (Å²) in [6.07, 6.45) is 3.35. The molecule has 0 fully saturated rings. The highest BCUT2D eigenvalue weighted by atomic mass is 35.5. The van der Waals surface area contributed by atoms with Crippen molar-refractivity contribution in [1.82, 2.24) is 19.7 Å². The van der Waals surface area contributed by atoms with Crippen LogP contribution in [0.2, 0.25) is 5.02 Å². The summed E-state index contributed by atoms with van der Waals surface area (Å²) in [6, 6.07) is 16.3. The third kappa shape index (κ3) is 4.98. The minimum atomic E-state index is -0.744. The third-order valence-corrected chi connectivity index (χ3v) is 6.35. The van der Waals surface area contributed by atoms with Crippen molar-refractivity contribution in [3.63, 3.8) is 0 Å². The molecule has 0 amide bonds. The number of halogens is 2. The second kappa shape index (κ2) is 10.2. The molecule has 0 saturated carbocycles. The maximum Gasteiger partial charge on any atom is 0.251 e. The Kier molecular flexibility index (Phi) is 6.78. The number of H-pyrrole nitrogens is 1. The zero-order valence-electron chi connectivity index (χ0n) is 20.2. The number of ether oxygens (including phenoxy) is 1. The molecule has 3 heterocycles. The summed E-state index contributed by atoms with van der Waals surface area (Å²) in [4.78, 5) is 17.4. The van der Waals surface area contributed by atoms with Gasteiger partial charge in [0.25, 0.3) is 5.56 Å². The summed E-state index contributed by atoms with van der Waals surface area (Å²) in [5.74, 6) is -0.0637. The molecule has 0 radical (unpaired) electrons. The molecule has 3 aromatic heterocycles. The number of hydrogen-bond acceptors (Lipinski definition) is 5. The molecule has 9 heteroatoms. The number of nitrogens with zero attached hydrogens (tertiary/aromatic N) is 3. The predicted octanol–water partition coefficient (Wildman–Crippen LogP) is 5.62. The Balaban J connectivity index is 1.48. The summed E-state index contributed by atoms with van der Waals surface area (Å²) in [5, 5.41) is 18.3. The predicted molar refractivity (Wildman–Crippen MR) is 141 cm³/mol. The van der Waals surface area contributed by atoms with Gasteiger partial charge in [-0.3, -0.25) is 9.89 Å². The summed E-state index contributed by atoms with van der Waals surface area (Å²) in [7, 11) is 0. The second-order valence-electron chi connectivity index (χ2n) is 8.92. The van der Waals surface area contributed by atoms with Gasteiger partial charge in [-0.05, 0) is 66.9 Å². The molecular formula is C28H24ClFN4O3. The van der Waals surface area contributed by atoms with E-state index in [1.807, 2.05) is 44.2 Å². The summed E-state index contributed by atoms with van der Waals surface area (Å²) in [5.41, 5.74) is 4.05. The van der Waals surface area contributed by atoms with E-state index in [4.69, 9.17) is 16.3 Å². The first kappa shape index (κ1) is 24.7. The molecular weight excluding hydrogens is 495 g/mol. The molecule has 0 aliphatic carbocycles. The number of hydrogen-bond donors (Lipinski definition) is 2. The van der Waals surface area contributed by atoms with E-state index in [1.165, 1.54) is 22.8 Å². The van der Waals surface area contributed by atoms with Crippen molar-refractivity contribution < 1.29 is 14.2 Å². The fraction of sp³-hybridized carbons (Fsp3) is 0.179. The SMILES string of the molecule is CC(C)Oc1ccc(-c2n[nH]c3ccc(-c4ccn([C@H](CO)c5ccc(Cl)c(F)c5)c(=O)c4)cc23)cn1. The van der Waals surface area contributed by atoms with Gasteiger partial charge < -0.3 is 14.4 Å². The van der Waals surface area contributed by atoms with E-state index in [9.17, 15) is 14.3 Å². The molecule has 0 aliphatic rings. The first-order chi connectivity index (χ1) is 17.8. The third-order valence-electron chi connectivity index (χ3n) is 6.05. The number of nitrogens with one attached hydrogen (secondary N) is 1. The number of rotatable bonds is 7. The maximum absolute atomic E-state index is 14.0. The van der Waals surface area contributed by atoms with E-state index >= 15 is 0 Å². The summed E-state index contributed by atoms with van der Waals surface area (Å²) >= 11 is 5.78. The van der Waals surface area contributed by atoms with Gasteiger partial charge in [0.05, 0.1) is 29.3 Å². The van der Waals surface area contributed by atoms with Gasteiger partial charge in [0.2, 0.25) is 5.88 Å². The lowest BCUT2D eigenvalue weighted by Crippen LogP contribution is -2.26. The fourth-order valence-corrected chi connectivity index (χ4v) is 4.36. The molecule has 0 bridgehead atoms. The van der Waals surface area contributed by atoms with Crippen LogP contribution in [0.1, 0.15) is 25.5 Å². The van der Waals surface area contributed by atoms with E-state index in [1.54, 1.807) is 24.5 Å². The number of aromatic amines is 1. The molecule has 5 rings (SSSR count). The smallest absolute Gasteiger partial charge is 0.251 e. The first-order valence-corrected chi connectivity index (χ1v) is 12.1. The van der Waals surface area contributed by atoms with Gasteiger partial charge in [0, 0.05) is 35.5 Å². The molecule has 0 saturated heterocycles.